The summed E-state index contributed by atoms with van der Waals surface area (Å²) >= 11 is 0. The van der Waals surface area contributed by atoms with Crippen molar-refractivity contribution < 1.29 is 14.1 Å². The molecule has 2 fully saturated rings. The largest absolute Gasteiger partial charge is 0.361 e. The fraction of sp³-hybridized carbons (Fsp3) is 0.500. The van der Waals surface area contributed by atoms with Crippen molar-refractivity contribution in [1.29, 1.82) is 0 Å². The normalized spacial score (nSPS) is 24.4. The molecular formula is C22H28N4O3. The lowest BCUT2D eigenvalue weighted by atomic mass is 9.98. The molecule has 2 aromatic rings. The second kappa shape index (κ2) is 7.99. The highest BCUT2D eigenvalue weighted by Gasteiger charge is 2.41. The molecule has 7 nitrogen and oxygen atoms in total. The van der Waals surface area contributed by atoms with Crippen LogP contribution in [-0.2, 0) is 4.79 Å². The molecule has 2 aliphatic rings. The summed E-state index contributed by atoms with van der Waals surface area (Å²) < 4.78 is 5.20. The number of rotatable bonds is 5. The molecule has 0 saturated carbocycles. The van der Waals surface area contributed by atoms with Crippen molar-refractivity contribution in [2.45, 2.75) is 45.2 Å². The molecule has 4 rings (SSSR count). The maximum atomic E-state index is 13.0. The minimum Gasteiger partial charge on any atom is -0.361 e. The number of aromatic nitrogens is 1. The highest BCUT2D eigenvalue weighted by Crippen LogP contribution is 2.27. The first-order valence-corrected chi connectivity index (χ1v) is 10.3. The van der Waals surface area contributed by atoms with Crippen molar-refractivity contribution >= 4 is 11.8 Å². The molecule has 2 aliphatic heterocycles. The van der Waals surface area contributed by atoms with Crippen molar-refractivity contribution in [3.63, 3.8) is 0 Å². The predicted molar refractivity (Wildman–Crippen MR) is 109 cm³/mol. The summed E-state index contributed by atoms with van der Waals surface area (Å²) in [7, 11) is 0. The minimum atomic E-state index is -0.321. The molecule has 154 valence electrons. The van der Waals surface area contributed by atoms with Crippen LogP contribution in [-0.4, -0.2) is 65.0 Å². The second-order valence-corrected chi connectivity index (χ2v) is 8.12. The first kappa shape index (κ1) is 19.6. The Morgan fingerprint density at radius 1 is 1.24 bits per heavy atom. The number of carbonyl (C=O) groups is 2. The SMILES string of the molecule is Cc1noc(C)c1C(C)C(=O)NCC1CN(C(=O)c2ccccc2)C2CCN1C2. The third-order valence-corrected chi connectivity index (χ3v) is 6.27. The second-order valence-electron chi connectivity index (χ2n) is 8.12. The van der Waals surface area contributed by atoms with Gasteiger partial charge in [0.05, 0.1) is 11.6 Å². The number of hydrogen-bond donors (Lipinski definition) is 1. The zero-order valence-corrected chi connectivity index (χ0v) is 17.2. The molecule has 1 aromatic carbocycles. The number of aryl methyl sites for hydroxylation is 2. The van der Waals surface area contributed by atoms with Crippen LogP contribution in [0.4, 0.5) is 0 Å². The van der Waals surface area contributed by atoms with E-state index in [2.05, 4.69) is 15.4 Å². The molecular weight excluding hydrogens is 368 g/mol. The lowest BCUT2D eigenvalue weighted by Gasteiger charge is -2.40. The summed E-state index contributed by atoms with van der Waals surface area (Å²) in [5.74, 6) is 0.405. The smallest absolute Gasteiger partial charge is 0.254 e. The van der Waals surface area contributed by atoms with Gasteiger partial charge >= 0.3 is 0 Å². The van der Waals surface area contributed by atoms with Crippen LogP contribution in [0.25, 0.3) is 0 Å². The molecule has 1 N–H and O–H groups in total. The fourth-order valence-corrected chi connectivity index (χ4v) is 4.65. The average molecular weight is 396 g/mol. The van der Waals surface area contributed by atoms with Gasteiger partial charge in [-0.05, 0) is 39.3 Å². The van der Waals surface area contributed by atoms with Crippen molar-refractivity contribution in [2.75, 3.05) is 26.2 Å². The number of fused-ring (bicyclic) bond motifs is 2. The van der Waals surface area contributed by atoms with E-state index in [9.17, 15) is 9.59 Å². The third-order valence-electron chi connectivity index (χ3n) is 6.27. The van der Waals surface area contributed by atoms with E-state index in [4.69, 9.17) is 4.52 Å². The van der Waals surface area contributed by atoms with Gasteiger partial charge in [0.2, 0.25) is 5.91 Å². The van der Waals surface area contributed by atoms with E-state index >= 15 is 0 Å². The molecule has 29 heavy (non-hydrogen) atoms. The molecule has 0 radical (unpaired) electrons. The van der Waals surface area contributed by atoms with Gasteiger partial charge in [0.15, 0.2) is 0 Å². The van der Waals surface area contributed by atoms with Crippen LogP contribution in [0.5, 0.6) is 0 Å². The highest BCUT2D eigenvalue weighted by molar-refractivity contribution is 5.94. The number of nitrogens with zero attached hydrogens (tertiary/aromatic N) is 3. The first-order chi connectivity index (χ1) is 14.0. The lowest BCUT2D eigenvalue weighted by molar-refractivity contribution is -0.122. The summed E-state index contributed by atoms with van der Waals surface area (Å²) in [6, 6.07) is 9.83. The predicted octanol–water partition coefficient (Wildman–Crippen LogP) is 2.11. The average Bonchev–Trinajstić information content (AvgIpc) is 3.30. The molecule has 7 heteroatoms. The number of carbonyl (C=O) groups excluding carboxylic acids is 2. The van der Waals surface area contributed by atoms with Crippen LogP contribution < -0.4 is 5.32 Å². The van der Waals surface area contributed by atoms with Gasteiger partial charge in [-0.25, -0.2) is 0 Å². The van der Waals surface area contributed by atoms with Crippen LogP contribution in [0.1, 0.15) is 46.6 Å². The van der Waals surface area contributed by atoms with E-state index < -0.39 is 0 Å². The Labute approximate surface area is 171 Å². The molecule has 3 heterocycles. The monoisotopic (exact) mass is 396 g/mol. The highest BCUT2D eigenvalue weighted by atomic mass is 16.5. The molecule has 4 atom stereocenters. The van der Waals surface area contributed by atoms with E-state index in [0.717, 1.165) is 36.3 Å². The Kier molecular flexibility index (Phi) is 5.41. The zero-order valence-electron chi connectivity index (χ0n) is 17.2. The summed E-state index contributed by atoms with van der Waals surface area (Å²) in [5.41, 5.74) is 2.33. The van der Waals surface area contributed by atoms with Crippen LogP contribution in [0, 0.1) is 13.8 Å². The van der Waals surface area contributed by atoms with E-state index in [1.54, 1.807) is 0 Å². The van der Waals surface area contributed by atoms with Crippen LogP contribution >= 0.6 is 0 Å². The van der Waals surface area contributed by atoms with Crippen LogP contribution in [0.3, 0.4) is 0 Å². The van der Waals surface area contributed by atoms with Crippen LogP contribution in [0.2, 0.25) is 0 Å². The van der Waals surface area contributed by atoms with Gasteiger partial charge in [0.25, 0.3) is 5.91 Å². The number of hydrogen-bond acceptors (Lipinski definition) is 5. The van der Waals surface area contributed by atoms with Crippen molar-refractivity contribution in [2.24, 2.45) is 0 Å². The number of amides is 2. The van der Waals surface area contributed by atoms with Gasteiger partial charge < -0.3 is 14.7 Å². The topological polar surface area (TPSA) is 78.7 Å². The fourth-order valence-electron chi connectivity index (χ4n) is 4.65. The molecule has 0 aliphatic carbocycles. The summed E-state index contributed by atoms with van der Waals surface area (Å²) in [6.45, 7) is 8.56. The van der Waals surface area contributed by atoms with E-state index in [1.807, 2.05) is 56.0 Å². The third kappa shape index (κ3) is 3.79. The standard InChI is InChI=1S/C22H28N4O3/c1-14(20-15(2)24-29-16(20)3)21(27)23-11-19-13-26(18-9-10-25(19)12-18)22(28)17-7-5-4-6-8-17/h4-8,14,18-19H,9-13H2,1-3H3,(H,23,27). The quantitative estimate of drug-likeness (QED) is 0.838. The van der Waals surface area contributed by atoms with E-state index in [1.165, 1.54) is 0 Å². The van der Waals surface area contributed by atoms with E-state index in [-0.39, 0.29) is 29.8 Å². The number of nitrogens with one attached hydrogen (secondary N) is 1. The van der Waals surface area contributed by atoms with Crippen molar-refractivity contribution in [3.8, 4) is 0 Å². The maximum absolute atomic E-state index is 13.0. The van der Waals surface area contributed by atoms with E-state index in [0.29, 0.717) is 18.8 Å². The van der Waals surface area contributed by atoms with Crippen molar-refractivity contribution in [1.82, 2.24) is 20.3 Å². The zero-order chi connectivity index (χ0) is 20.5. The van der Waals surface area contributed by atoms with Gasteiger partial charge in [0, 0.05) is 49.4 Å². The van der Waals surface area contributed by atoms with Gasteiger partial charge in [0.1, 0.15) is 5.76 Å². The molecule has 1 aromatic heterocycles. The van der Waals surface area contributed by atoms with Crippen molar-refractivity contribution in [3.05, 3.63) is 52.9 Å². The minimum absolute atomic E-state index is 0.0401. The van der Waals surface area contributed by atoms with Crippen LogP contribution in [0.15, 0.2) is 34.9 Å². The summed E-state index contributed by atoms with van der Waals surface area (Å²) in [4.78, 5) is 30.1. The Balaban J connectivity index is 1.41. The van der Waals surface area contributed by atoms with Gasteiger partial charge in [-0.2, -0.15) is 0 Å². The summed E-state index contributed by atoms with van der Waals surface area (Å²) in [5, 5.41) is 7.04. The Morgan fingerprint density at radius 2 is 2.00 bits per heavy atom. The first-order valence-electron chi connectivity index (χ1n) is 10.3. The molecule has 2 amide bonds. The Hall–Kier alpha value is -2.67. The lowest BCUT2D eigenvalue weighted by Crippen LogP contribution is -2.57. The Bertz CT molecular complexity index is 875. The molecule has 2 bridgehead atoms. The summed E-state index contributed by atoms with van der Waals surface area (Å²) in [6.07, 6.45) is 0.985. The number of piperazine rings is 1. The van der Waals surface area contributed by atoms with Gasteiger partial charge in [-0.3, -0.25) is 14.5 Å². The maximum Gasteiger partial charge on any atom is 0.254 e. The van der Waals surface area contributed by atoms with Gasteiger partial charge in [-0.15, -0.1) is 0 Å². The molecule has 2 saturated heterocycles. The molecule has 0 spiro atoms. The van der Waals surface area contributed by atoms with Gasteiger partial charge in [-0.1, -0.05) is 23.4 Å². The Morgan fingerprint density at radius 3 is 2.69 bits per heavy atom. The molecule has 4 unspecified atom stereocenters. The number of benzene rings is 1.